The van der Waals surface area contributed by atoms with Crippen LogP contribution in [0.15, 0.2) is 79.0 Å². The molecular formula is C23H22N4O. The van der Waals surface area contributed by atoms with Crippen molar-refractivity contribution in [1.82, 2.24) is 19.9 Å². The third-order valence-electron chi connectivity index (χ3n) is 4.78. The van der Waals surface area contributed by atoms with E-state index >= 15 is 0 Å². The maximum Gasteiger partial charge on any atom is 0.270 e. The standard InChI is InChI=1S/C23H22N4O/c1-17(25-23(28)20-12-7-8-15-24-20)22-26-19-11-5-6-13-21(19)27(22)16-14-18-9-3-2-4-10-18/h2-13,15,17H,14,16H2,1H3,(H,25,28). The smallest absolute Gasteiger partial charge is 0.270 e. The Balaban J connectivity index is 1.61. The number of amides is 1. The number of carbonyl (C=O) groups is 1. The van der Waals surface area contributed by atoms with Crippen LogP contribution >= 0.6 is 0 Å². The second-order valence-corrected chi connectivity index (χ2v) is 6.76. The van der Waals surface area contributed by atoms with Gasteiger partial charge in [-0.25, -0.2) is 4.98 Å². The molecular weight excluding hydrogens is 348 g/mol. The Morgan fingerprint density at radius 3 is 2.54 bits per heavy atom. The lowest BCUT2D eigenvalue weighted by molar-refractivity contribution is 0.0932. The van der Waals surface area contributed by atoms with Gasteiger partial charge in [0.15, 0.2) is 0 Å². The predicted octanol–water partition coefficient (Wildman–Crippen LogP) is 4.17. The molecule has 1 N–H and O–H groups in total. The van der Waals surface area contributed by atoms with Gasteiger partial charge < -0.3 is 9.88 Å². The first kappa shape index (κ1) is 17.9. The van der Waals surface area contributed by atoms with Crippen LogP contribution in [-0.4, -0.2) is 20.4 Å². The molecule has 0 saturated heterocycles. The van der Waals surface area contributed by atoms with Gasteiger partial charge in [-0.1, -0.05) is 48.5 Å². The van der Waals surface area contributed by atoms with Gasteiger partial charge >= 0.3 is 0 Å². The largest absolute Gasteiger partial charge is 0.341 e. The van der Waals surface area contributed by atoms with Gasteiger partial charge in [-0.15, -0.1) is 0 Å². The number of rotatable bonds is 6. The molecule has 1 unspecified atom stereocenters. The van der Waals surface area contributed by atoms with E-state index in [1.54, 1.807) is 18.3 Å². The first-order valence-electron chi connectivity index (χ1n) is 9.43. The normalized spacial score (nSPS) is 12.0. The monoisotopic (exact) mass is 370 g/mol. The fourth-order valence-electron chi connectivity index (χ4n) is 3.38. The summed E-state index contributed by atoms with van der Waals surface area (Å²) in [7, 11) is 0. The molecule has 2 aromatic carbocycles. The molecule has 5 heteroatoms. The van der Waals surface area contributed by atoms with E-state index in [1.165, 1.54) is 5.56 Å². The van der Waals surface area contributed by atoms with Gasteiger partial charge in [0.25, 0.3) is 5.91 Å². The molecule has 4 aromatic rings. The second-order valence-electron chi connectivity index (χ2n) is 6.76. The Kier molecular flexibility index (Phi) is 5.15. The topological polar surface area (TPSA) is 59.8 Å². The fraction of sp³-hybridized carbons (Fsp3) is 0.174. The van der Waals surface area contributed by atoms with Crippen LogP contribution in [0.25, 0.3) is 11.0 Å². The summed E-state index contributed by atoms with van der Waals surface area (Å²) in [4.78, 5) is 21.5. The zero-order chi connectivity index (χ0) is 19.3. The Morgan fingerprint density at radius 2 is 1.75 bits per heavy atom. The van der Waals surface area contributed by atoms with Gasteiger partial charge in [-0.3, -0.25) is 9.78 Å². The molecule has 28 heavy (non-hydrogen) atoms. The zero-order valence-corrected chi connectivity index (χ0v) is 15.7. The van der Waals surface area contributed by atoms with E-state index in [-0.39, 0.29) is 11.9 Å². The van der Waals surface area contributed by atoms with Crippen molar-refractivity contribution < 1.29 is 4.79 Å². The summed E-state index contributed by atoms with van der Waals surface area (Å²) in [5.74, 6) is 0.649. The molecule has 2 heterocycles. The maximum absolute atomic E-state index is 12.5. The SMILES string of the molecule is CC(NC(=O)c1ccccn1)c1nc2ccccc2n1CCc1ccccc1. The number of hydrogen-bond donors (Lipinski definition) is 1. The van der Waals surface area contributed by atoms with Crippen molar-refractivity contribution >= 4 is 16.9 Å². The van der Waals surface area contributed by atoms with Crippen LogP contribution in [0.4, 0.5) is 0 Å². The Labute approximate surface area is 164 Å². The number of hydrogen-bond acceptors (Lipinski definition) is 3. The van der Waals surface area contributed by atoms with E-state index in [1.807, 2.05) is 37.3 Å². The van der Waals surface area contributed by atoms with Crippen molar-refractivity contribution in [2.24, 2.45) is 0 Å². The zero-order valence-electron chi connectivity index (χ0n) is 15.7. The van der Waals surface area contributed by atoms with Crippen molar-refractivity contribution in [3.05, 3.63) is 96.1 Å². The first-order valence-corrected chi connectivity index (χ1v) is 9.43. The molecule has 0 saturated carbocycles. The molecule has 5 nitrogen and oxygen atoms in total. The molecule has 0 aliphatic rings. The minimum Gasteiger partial charge on any atom is -0.341 e. The van der Waals surface area contributed by atoms with Gasteiger partial charge in [0.05, 0.1) is 17.1 Å². The molecule has 0 spiro atoms. The molecule has 0 aliphatic heterocycles. The van der Waals surface area contributed by atoms with Crippen molar-refractivity contribution in [3.8, 4) is 0 Å². The highest BCUT2D eigenvalue weighted by atomic mass is 16.1. The maximum atomic E-state index is 12.5. The number of carbonyl (C=O) groups excluding carboxylic acids is 1. The van der Waals surface area contributed by atoms with Crippen LogP contribution in [-0.2, 0) is 13.0 Å². The van der Waals surface area contributed by atoms with E-state index < -0.39 is 0 Å². The average molecular weight is 370 g/mol. The molecule has 0 radical (unpaired) electrons. The quantitative estimate of drug-likeness (QED) is 0.554. The lowest BCUT2D eigenvalue weighted by Crippen LogP contribution is -2.29. The summed E-state index contributed by atoms with van der Waals surface area (Å²) in [6, 6.07) is 23.5. The van der Waals surface area contributed by atoms with E-state index in [9.17, 15) is 4.79 Å². The van der Waals surface area contributed by atoms with Crippen LogP contribution < -0.4 is 5.32 Å². The third-order valence-corrected chi connectivity index (χ3v) is 4.78. The lowest BCUT2D eigenvalue weighted by Gasteiger charge is -2.16. The summed E-state index contributed by atoms with van der Waals surface area (Å²) in [6.07, 6.45) is 2.52. The molecule has 4 rings (SSSR count). The summed E-state index contributed by atoms with van der Waals surface area (Å²) in [5, 5.41) is 3.03. The molecule has 1 amide bonds. The minimum absolute atomic E-state index is 0.199. The van der Waals surface area contributed by atoms with Crippen molar-refractivity contribution in [2.45, 2.75) is 25.9 Å². The first-order chi connectivity index (χ1) is 13.7. The summed E-state index contributed by atoms with van der Waals surface area (Å²) < 4.78 is 2.20. The number of aryl methyl sites for hydroxylation is 2. The van der Waals surface area contributed by atoms with Gasteiger partial charge in [-0.2, -0.15) is 0 Å². The highest BCUT2D eigenvalue weighted by molar-refractivity contribution is 5.92. The molecule has 1 atom stereocenters. The van der Waals surface area contributed by atoms with Crippen LogP contribution in [0.3, 0.4) is 0 Å². The number of fused-ring (bicyclic) bond motifs is 1. The van der Waals surface area contributed by atoms with Crippen LogP contribution in [0.5, 0.6) is 0 Å². The summed E-state index contributed by atoms with van der Waals surface area (Å²) in [6.45, 7) is 2.75. The van der Waals surface area contributed by atoms with Crippen molar-refractivity contribution in [1.29, 1.82) is 0 Å². The lowest BCUT2D eigenvalue weighted by atomic mass is 10.1. The average Bonchev–Trinajstić information content (AvgIpc) is 3.12. The molecule has 2 aromatic heterocycles. The van der Waals surface area contributed by atoms with E-state index in [0.29, 0.717) is 5.69 Å². The van der Waals surface area contributed by atoms with Gasteiger partial charge in [-0.05, 0) is 43.2 Å². The summed E-state index contributed by atoms with van der Waals surface area (Å²) in [5.41, 5.74) is 3.69. The highest BCUT2D eigenvalue weighted by Crippen LogP contribution is 2.22. The van der Waals surface area contributed by atoms with E-state index in [2.05, 4.69) is 45.2 Å². The van der Waals surface area contributed by atoms with E-state index in [0.717, 1.165) is 29.8 Å². The Hall–Kier alpha value is -3.47. The minimum atomic E-state index is -0.238. The Morgan fingerprint density at radius 1 is 1.00 bits per heavy atom. The number of nitrogens with zero attached hydrogens (tertiary/aromatic N) is 3. The van der Waals surface area contributed by atoms with Gasteiger partial charge in [0.2, 0.25) is 0 Å². The third kappa shape index (κ3) is 3.78. The highest BCUT2D eigenvalue weighted by Gasteiger charge is 2.19. The number of benzene rings is 2. The van der Waals surface area contributed by atoms with Crippen LogP contribution in [0, 0.1) is 0 Å². The van der Waals surface area contributed by atoms with Gasteiger partial charge in [0.1, 0.15) is 11.5 Å². The van der Waals surface area contributed by atoms with Crippen LogP contribution in [0.1, 0.15) is 34.8 Å². The number of pyridine rings is 1. The molecule has 0 bridgehead atoms. The number of imidazole rings is 1. The predicted molar refractivity (Wildman–Crippen MR) is 110 cm³/mol. The molecule has 0 aliphatic carbocycles. The second kappa shape index (κ2) is 8.05. The fourth-order valence-corrected chi connectivity index (χ4v) is 3.38. The van der Waals surface area contributed by atoms with Gasteiger partial charge in [0, 0.05) is 12.7 Å². The van der Waals surface area contributed by atoms with Crippen molar-refractivity contribution in [2.75, 3.05) is 0 Å². The summed E-state index contributed by atoms with van der Waals surface area (Å²) >= 11 is 0. The number of para-hydroxylation sites is 2. The van der Waals surface area contributed by atoms with Crippen molar-refractivity contribution in [3.63, 3.8) is 0 Å². The molecule has 140 valence electrons. The number of aromatic nitrogens is 3. The van der Waals surface area contributed by atoms with Crippen LogP contribution in [0.2, 0.25) is 0 Å². The number of nitrogens with one attached hydrogen (secondary N) is 1. The Bertz CT molecular complexity index is 1070. The van der Waals surface area contributed by atoms with E-state index in [4.69, 9.17) is 4.98 Å². The molecule has 0 fully saturated rings.